The first-order valence-electron chi connectivity index (χ1n) is 8.89. The zero-order chi connectivity index (χ0) is 19.7. The van der Waals surface area contributed by atoms with Crippen molar-refractivity contribution in [3.63, 3.8) is 0 Å². The molecule has 28 heavy (non-hydrogen) atoms. The second-order valence-electron chi connectivity index (χ2n) is 6.45. The van der Waals surface area contributed by atoms with Crippen LogP contribution < -0.4 is 10.2 Å². The van der Waals surface area contributed by atoms with Gasteiger partial charge in [0, 0.05) is 5.69 Å². The summed E-state index contributed by atoms with van der Waals surface area (Å²) in [4.78, 5) is 26.7. The molecule has 0 fully saturated rings. The van der Waals surface area contributed by atoms with E-state index >= 15 is 0 Å². The molecule has 2 amide bonds. The highest BCUT2D eigenvalue weighted by Crippen LogP contribution is 2.32. The van der Waals surface area contributed by atoms with Gasteiger partial charge in [-0.2, -0.15) is 0 Å². The van der Waals surface area contributed by atoms with Crippen molar-refractivity contribution in [3.8, 4) is 5.69 Å². The molecule has 8 heteroatoms. The van der Waals surface area contributed by atoms with Gasteiger partial charge in [-0.05, 0) is 38.1 Å². The van der Waals surface area contributed by atoms with Crippen molar-refractivity contribution in [3.05, 3.63) is 60.4 Å². The number of nitrogens with zero attached hydrogens (tertiary/aromatic N) is 4. The SMILES string of the molecule is Cc1nnc(S[C@@H](C)C(=O)N2CC(=O)Nc3ccccc32)n1-c1ccccc1. The number of amides is 2. The lowest BCUT2D eigenvalue weighted by Gasteiger charge is -2.30. The van der Waals surface area contributed by atoms with Crippen molar-refractivity contribution in [2.45, 2.75) is 24.3 Å². The number of thioether (sulfide) groups is 1. The maximum atomic E-state index is 13.1. The molecule has 0 radical (unpaired) electrons. The number of carbonyl (C=O) groups excluding carboxylic acids is 2. The molecule has 0 unspecified atom stereocenters. The van der Waals surface area contributed by atoms with E-state index in [0.29, 0.717) is 16.5 Å². The number of hydrogen-bond donors (Lipinski definition) is 1. The number of aromatic nitrogens is 3. The largest absolute Gasteiger partial charge is 0.323 e. The van der Waals surface area contributed by atoms with E-state index < -0.39 is 5.25 Å². The van der Waals surface area contributed by atoms with Crippen molar-refractivity contribution >= 4 is 35.0 Å². The molecule has 1 N–H and O–H groups in total. The highest BCUT2D eigenvalue weighted by Gasteiger charge is 2.31. The first-order chi connectivity index (χ1) is 13.5. The van der Waals surface area contributed by atoms with E-state index in [1.807, 2.05) is 66.9 Å². The van der Waals surface area contributed by atoms with Gasteiger partial charge in [0.15, 0.2) is 5.16 Å². The summed E-state index contributed by atoms with van der Waals surface area (Å²) in [7, 11) is 0. The Bertz CT molecular complexity index is 1030. The van der Waals surface area contributed by atoms with Gasteiger partial charge in [0.2, 0.25) is 11.8 Å². The summed E-state index contributed by atoms with van der Waals surface area (Å²) in [5.41, 5.74) is 2.29. The van der Waals surface area contributed by atoms with Gasteiger partial charge < -0.3 is 5.32 Å². The van der Waals surface area contributed by atoms with Gasteiger partial charge in [-0.3, -0.25) is 19.1 Å². The molecule has 0 saturated carbocycles. The molecule has 1 aromatic heterocycles. The highest BCUT2D eigenvalue weighted by molar-refractivity contribution is 8.00. The van der Waals surface area contributed by atoms with Crippen LogP contribution in [0.5, 0.6) is 0 Å². The Morgan fingerprint density at radius 1 is 1.11 bits per heavy atom. The lowest BCUT2D eigenvalue weighted by Crippen LogP contribution is -2.45. The lowest BCUT2D eigenvalue weighted by atomic mass is 10.2. The second-order valence-corrected chi connectivity index (χ2v) is 7.76. The molecule has 7 nitrogen and oxygen atoms in total. The van der Waals surface area contributed by atoms with Crippen LogP contribution in [-0.2, 0) is 9.59 Å². The van der Waals surface area contributed by atoms with Gasteiger partial charge in [-0.15, -0.1) is 10.2 Å². The number of para-hydroxylation sites is 3. The van der Waals surface area contributed by atoms with Crippen LogP contribution in [-0.4, -0.2) is 38.4 Å². The summed E-state index contributed by atoms with van der Waals surface area (Å²) in [5.74, 6) is 0.399. The Balaban J connectivity index is 1.60. The monoisotopic (exact) mass is 393 g/mol. The van der Waals surface area contributed by atoms with E-state index in [1.165, 1.54) is 16.7 Å². The average Bonchev–Trinajstić information content (AvgIpc) is 3.07. The first kappa shape index (κ1) is 18.2. The van der Waals surface area contributed by atoms with Gasteiger partial charge in [0.05, 0.1) is 16.6 Å². The van der Waals surface area contributed by atoms with E-state index in [-0.39, 0.29) is 18.4 Å². The lowest BCUT2D eigenvalue weighted by molar-refractivity contribution is -0.121. The van der Waals surface area contributed by atoms with Crippen molar-refractivity contribution in [1.82, 2.24) is 14.8 Å². The summed E-state index contributed by atoms with van der Waals surface area (Å²) in [5, 5.41) is 11.4. The Morgan fingerprint density at radius 3 is 2.61 bits per heavy atom. The Kier molecular flexibility index (Phi) is 4.87. The van der Waals surface area contributed by atoms with Crippen LogP contribution in [0.2, 0.25) is 0 Å². The maximum Gasteiger partial charge on any atom is 0.244 e. The fourth-order valence-corrected chi connectivity index (χ4v) is 4.13. The van der Waals surface area contributed by atoms with Crippen LogP contribution in [0.4, 0.5) is 11.4 Å². The van der Waals surface area contributed by atoms with E-state index in [4.69, 9.17) is 0 Å². The molecule has 142 valence electrons. The zero-order valence-corrected chi connectivity index (χ0v) is 16.3. The van der Waals surface area contributed by atoms with Crippen LogP contribution in [0, 0.1) is 6.92 Å². The van der Waals surface area contributed by atoms with Gasteiger partial charge in [-0.1, -0.05) is 42.1 Å². The number of rotatable bonds is 4. The molecular weight excluding hydrogens is 374 g/mol. The minimum atomic E-state index is -0.440. The molecule has 0 spiro atoms. The Hall–Kier alpha value is -3.13. The first-order valence-corrected chi connectivity index (χ1v) is 9.77. The Labute approximate surface area is 166 Å². The van der Waals surface area contributed by atoms with Gasteiger partial charge in [-0.25, -0.2) is 0 Å². The predicted molar refractivity (Wildman–Crippen MR) is 109 cm³/mol. The second kappa shape index (κ2) is 7.47. The van der Waals surface area contributed by atoms with Crippen molar-refractivity contribution in [2.75, 3.05) is 16.8 Å². The van der Waals surface area contributed by atoms with E-state index in [0.717, 1.165) is 11.5 Å². The predicted octanol–water partition coefficient (Wildman–Crippen LogP) is 3.04. The van der Waals surface area contributed by atoms with E-state index in [1.54, 1.807) is 6.07 Å². The topological polar surface area (TPSA) is 80.1 Å². The molecule has 1 atom stereocenters. The number of fused-ring (bicyclic) bond motifs is 1. The summed E-state index contributed by atoms with van der Waals surface area (Å²) >= 11 is 1.33. The molecule has 0 bridgehead atoms. The van der Waals surface area contributed by atoms with Crippen LogP contribution in [0.3, 0.4) is 0 Å². The Morgan fingerprint density at radius 2 is 1.82 bits per heavy atom. The summed E-state index contributed by atoms with van der Waals surface area (Å²) in [6.07, 6.45) is 0. The quantitative estimate of drug-likeness (QED) is 0.689. The molecule has 0 aliphatic carbocycles. The standard InChI is InChI=1S/C20H19N5O2S/c1-13(19(27)24-12-18(26)21-16-10-6-7-11-17(16)24)28-20-23-22-14(2)25(20)15-8-4-3-5-9-15/h3-11,13H,12H2,1-2H3,(H,21,26)/t13-/m0/s1. The zero-order valence-electron chi connectivity index (χ0n) is 15.5. The van der Waals surface area contributed by atoms with E-state index in [2.05, 4.69) is 15.5 Å². The molecule has 2 aromatic carbocycles. The number of anilines is 2. The molecule has 1 aliphatic heterocycles. The van der Waals surface area contributed by atoms with Crippen molar-refractivity contribution in [1.29, 1.82) is 0 Å². The van der Waals surface area contributed by atoms with Crippen LogP contribution >= 0.6 is 11.8 Å². The molecule has 0 saturated heterocycles. The fourth-order valence-electron chi connectivity index (χ4n) is 3.15. The third-order valence-corrected chi connectivity index (χ3v) is 5.51. The van der Waals surface area contributed by atoms with Crippen LogP contribution in [0.25, 0.3) is 5.69 Å². The number of hydrogen-bond acceptors (Lipinski definition) is 5. The van der Waals surface area contributed by atoms with Gasteiger partial charge in [0.1, 0.15) is 12.4 Å². The summed E-state index contributed by atoms with van der Waals surface area (Å²) in [6.45, 7) is 3.70. The van der Waals surface area contributed by atoms with Gasteiger partial charge in [0.25, 0.3) is 0 Å². The molecule has 1 aliphatic rings. The number of aryl methyl sites for hydroxylation is 1. The van der Waals surface area contributed by atoms with Gasteiger partial charge >= 0.3 is 0 Å². The molecule has 3 aromatic rings. The third-order valence-electron chi connectivity index (χ3n) is 4.48. The van der Waals surface area contributed by atoms with Crippen LogP contribution in [0.15, 0.2) is 59.8 Å². The highest BCUT2D eigenvalue weighted by atomic mass is 32.2. The number of carbonyl (C=O) groups is 2. The molecular formula is C20H19N5O2S. The summed E-state index contributed by atoms with van der Waals surface area (Å²) < 4.78 is 1.92. The van der Waals surface area contributed by atoms with E-state index in [9.17, 15) is 9.59 Å². The molecule has 2 heterocycles. The smallest absolute Gasteiger partial charge is 0.244 e. The normalized spacial score (nSPS) is 14.4. The maximum absolute atomic E-state index is 13.1. The van der Waals surface area contributed by atoms with Crippen LogP contribution in [0.1, 0.15) is 12.7 Å². The molecule has 4 rings (SSSR count). The number of benzene rings is 2. The number of nitrogens with one attached hydrogen (secondary N) is 1. The fraction of sp³-hybridized carbons (Fsp3) is 0.200. The minimum Gasteiger partial charge on any atom is -0.323 e. The van der Waals surface area contributed by atoms with Crippen molar-refractivity contribution < 1.29 is 9.59 Å². The third kappa shape index (κ3) is 3.38. The average molecular weight is 393 g/mol. The van der Waals surface area contributed by atoms with Crippen molar-refractivity contribution in [2.24, 2.45) is 0 Å². The minimum absolute atomic E-state index is 0.00511. The summed E-state index contributed by atoms with van der Waals surface area (Å²) in [6, 6.07) is 17.1.